The van der Waals surface area contributed by atoms with Crippen molar-refractivity contribution in [2.75, 3.05) is 24.5 Å². The summed E-state index contributed by atoms with van der Waals surface area (Å²) >= 11 is 0. The van der Waals surface area contributed by atoms with Gasteiger partial charge < -0.3 is 16.0 Å². The van der Waals surface area contributed by atoms with Gasteiger partial charge in [0.25, 0.3) is 0 Å². The van der Waals surface area contributed by atoms with Gasteiger partial charge in [-0.2, -0.15) is 0 Å². The van der Waals surface area contributed by atoms with Gasteiger partial charge >= 0.3 is 0 Å². The Bertz CT molecular complexity index is 417. The van der Waals surface area contributed by atoms with Crippen LogP contribution in [0, 0.1) is 6.92 Å². The van der Waals surface area contributed by atoms with Crippen LogP contribution in [0.3, 0.4) is 0 Å². The second kappa shape index (κ2) is 5.19. The minimum absolute atomic E-state index is 0.135. The molecule has 1 aliphatic rings. The van der Waals surface area contributed by atoms with Crippen LogP contribution in [0.1, 0.15) is 17.5 Å². The summed E-state index contributed by atoms with van der Waals surface area (Å²) in [5.41, 5.74) is 9.36. The Hall–Kier alpha value is -1.55. The van der Waals surface area contributed by atoms with Gasteiger partial charge in [0.2, 0.25) is 5.91 Å². The van der Waals surface area contributed by atoms with E-state index in [1.165, 1.54) is 11.3 Å². The molecule has 0 unspecified atom stereocenters. The first kappa shape index (κ1) is 11.9. The number of anilines is 1. The Balaban J connectivity index is 2.29. The minimum Gasteiger partial charge on any atom is -0.369 e. The van der Waals surface area contributed by atoms with Gasteiger partial charge in [-0.25, -0.2) is 0 Å². The summed E-state index contributed by atoms with van der Waals surface area (Å²) in [6, 6.07) is 6.18. The fourth-order valence-corrected chi connectivity index (χ4v) is 2.33. The number of nitrogens with zero attached hydrogens (tertiary/aromatic N) is 1. The highest BCUT2D eigenvalue weighted by Gasteiger charge is 2.17. The molecule has 92 valence electrons. The number of nitrogens with two attached hydrogens (primary N) is 1. The summed E-state index contributed by atoms with van der Waals surface area (Å²) in [6.07, 6.45) is 0.554. The first-order chi connectivity index (χ1) is 8.22. The molecule has 1 heterocycles. The smallest absolute Gasteiger partial charge is 0.221 e. The van der Waals surface area contributed by atoms with E-state index in [1.54, 1.807) is 0 Å². The Morgan fingerprint density at radius 3 is 3.00 bits per heavy atom. The third-order valence-electron chi connectivity index (χ3n) is 3.17. The summed E-state index contributed by atoms with van der Waals surface area (Å²) in [4.78, 5) is 13.6. The molecule has 0 aromatic heterocycles. The van der Waals surface area contributed by atoms with E-state index in [9.17, 15) is 4.79 Å². The first-order valence-corrected chi connectivity index (χ1v) is 6.02. The van der Waals surface area contributed by atoms with Gasteiger partial charge in [0.15, 0.2) is 0 Å². The normalized spacial score (nSPS) is 16.6. The van der Waals surface area contributed by atoms with E-state index in [0.717, 1.165) is 18.7 Å². The molecule has 2 rings (SSSR count). The number of aryl methyl sites for hydroxylation is 1. The number of nitrogens with one attached hydrogen (secondary N) is 1. The van der Waals surface area contributed by atoms with Crippen LogP contribution in [-0.2, 0) is 11.3 Å². The van der Waals surface area contributed by atoms with Gasteiger partial charge in [-0.15, -0.1) is 0 Å². The Morgan fingerprint density at radius 2 is 2.24 bits per heavy atom. The quantitative estimate of drug-likeness (QED) is 0.793. The summed E-state index contributed by atoms with van der Waals surface area (Å²) in [6.45, 7) is 4.95. The molecular formula is C13H19N3O. The predicted molar refractivity (Wildman–Crippen MR) is 68.9 cm³/mol. The van der Waals surface area contributed by atoms with Crippen LogP contribution in [0.2, 0.25) is 0 Å². The molecule has 1 amide bonds. The third kappa shape index (κ3) is 2.58. The SMILES string of the molecule is Cc1cccc(CN)c1N1CCNC(=O)CC1. The topological polar surface area (TPSA) is 58.4 Å². The van der Waals surface area contributed by atoms with E-state index in [1.807, 2.05) is 6.07 Å². The van der Waals surface area contributed by atoms with E-state index in [-0.39, 0.29) is 5.91 Å². The fraction of sp³-hybridized carbons (Fsp3) is 0.462. The summed E-state index contributed by atoms with van der Waals surface area (Å²) < 4.78 is 0. The lowest BCUT2D eigenvalue weighted by Gasteiger charge is -2.26. The highest BCUT2D eigenvalue weighted by Crippen LogP contribution is 2.25. The van der Waals surface area contributed by atoms with E-state index in [2.05, 4.69) is 29.3 Å². The van der Waals surface area contributed by atoms with Gasteiger partial charge in [-0.05, 0) is 18.1 Å². The van der Waals surface area contributed by atoms with Crippen molar-refractivity contribution in [3.63, 3.8) is 0 Å². The Kier molecular flexibility index (Phi) is 3.64. The van der Waals surface area contributed by atoms with Crippen LogP contribution in [0.15, 0.2) is 18.2 Å². The van der Waals surface area contributed by atoms with Gasteiger partial charge in [0.05, 0.1) is 0 Å². The zero-order valence-corrected chi connectivity index (χ0v) is 10.2. The molecule has 17 heavy (non-hydrogen) atoms. The molecule has 0 bridgehead atoms. The van der Waals surface area contributed by atoms with Crippen molar-refractivity contribution in [3.8, 4) is 0 Å². The van der Waals surface area contributed by atoms with Crippen molar-refractivity contribution in [1.29, 1.82) is 0 Å². The second-order valence-electron chi connectivity index (χ2n) is 4.37. The molecule has 1 aliphatic heterocycles. The predicted octanol–water partition coefficient (Wildman–Crippen LogP) is 0.780. The van der Waals surface area contributed by atoms with Gasteiger partial charge in [-0.3, -0.25) is 4.79 Å². The second-order valence-corrected chi connectivity index (χ2v) is 4.37. The van der Waals surface area contributed by atoms with Crippen LogP contribution in [0.25, 0.3) is 0 Å². The van der Waals surface area contributed by atoms with Gasteiger partial charge in [0.1, 0.15) is 0 Å². The van der Waals surface area contributed by atoms with E-state index >= 15 is 0 Å². The van der Waals surface area contributed by atoms with Crippen LogP contribution in [0.5, 0.6) is 0 Å². The number of amides is 1. The van der Waals surface area contributed by atoms with Crippen molar-refractivity contribution in [1.82, 2.24) is 5.32 Å². The van der Waals surface area contributed by atoms with E-state index in [0.29, 0.717) is 19.5 Å². The molecule has 3 N–H and O–H groups in total. The zero-order valence-electron chi connectivity index (χ0n) is 10.2. The zero-order chi connectivity index (χ0) is 12.3. The molecule has 0 spiro atoms. The number of para-hydroxylation sites is 1. The molecule has 4 nitrogen and oxygen atoms in total. The number of hydrogen-bond acceptors (Lipinski definition) is 3. The number of hydrogen-bond donors (Lipinski definition) is 2. The summed E-state index contributed by atoms with van der Waals surface area (Å²) in [7, 11) is 0. The van der Waals surface area contributed by atoms with Crippen LogP contribution in [-0.4, -0.2) is 25.5 Å². The molecular weight excluding hydrogens is 214 g/mol. The first-order valence-electron chi connectivity index (χ1n) is 6.02. The molecule has 1 aromatic rings. The van der Waals surface area contributed by atoms with E-state index in [4.69, 9.17) is 5.73 Å². The lowest BCUT2D eigenvalue weighted by atomic mass is 10.1. The van der Waals surface area contributed by atoms with Crippen molar-refractivity contribution in [2.24, 2.45) is 5.73 Å². The van der Waals surface area contributed by atoms with Crippen molar-refractivity contribution in [2.45, 2.75) is 19.9 Å². The minimum atomic E-state index is 0.135. The van der Waals surface area contributed by atoms with Crippen LogP contribution < -0.4 is 16.0 Å². The number of benzene rings is 1. The molecule has 4 heteroatoms. The number of rotatable bonds is 2. The lowest BCUT2D eigenvalue weighted by Crippen LogP contribution is -2.30. The maximum absolute atomic E-state index is 11.3. The van der Waals surface area contributed by atoms with Gasteiger partial charge in [-0.1, -0.05) is 18.2 Å². The van der Waals surface area contributed by atoms with Crippen molar-refractivity contribution < 1.29 is 4.79 Å². The van der Waals surface area contributed by atoms with Gasteiger partial charge in [0, 0.05) is 38.3 Å². The van der Waals surface area contributed by atoms with Crippen molar-refractivity contribution in [3.05, 3.63) is 29.3 Å². The fourth-order valence-electron chi connectivity index (χ4n) is 2.33. The molecule has 1 fully saturated rings. The average Bonchev–Trinajstić information content (AvgIpc) is 2.54. The van der Waals surface area contributed by atoms with E-state index < -0.39 is 0 Å². The standard InChI is InChI=1S/C13H19N3O/c1-10-3-2-4-11(9-14)13(10)16-7-5-12(17)15-6-8-16/h2-4H,5-9,14H2,1H3,(H,15,17). The highest BCUT2D eigenvalue weighted by molar-refractivity contribution is 5.77. The lowest BCUT2D eigenvalue weighted by molar-refractivity contribution is -0.120. The highest BCUT2D eigenvalue weighted by atomic mass is 16.1. The number of carbonyl (C=O) groups excluding carboxylic acids is 1. The third-order valence-corrected chi connectivity index (χ3v) is 3.17. The largest absolute Gasteiger partial charge is 0.369 e. The monoisotopic (exact) mass is 233 g/mol. The Labute approximate surface area is 102 Å². The maximum atomic E-state index is 11.3. The summed E-state index contributed by atoms with van der Waals surface area (Å²) in [5, 5.41) is 2.89. The molecule has 0 aliphatic carbocycles. The van der Waals surface area contributed by atoms with Crippen LogP contribution >= 0.6 is 0 Å². The molecule has 1 aromatic carbocycles. The van der Waals surface area contributed by atoms with Crippen LogP contribution in [0.4, 0.5) is 5.69 Å². The number of carbonyl (C=O) groups is 1. The average molecular weight is 233 g/mol. The molecule has 0 radical (unpaired) electrons. The molecule has 0 atom stereocenters. The van der Waals surface area contributed by atoms with Crippen molar-refractivity contribution >= 4 is 11.6 Å². The molecule has 1 saturated heterocycles. The maximum Gasteiger partial charge on any atom is 0.221 e. The Morgan fingerprint density at radius 1 is 1.41 bits per heavy atom. The summed E-state index contributed by atoms with van der Waals surface area (Å²) in [5.74, 6) is 0.135. The molecule has 0 saturated carbocycles.